The highest BCUT2D eigenvalue weighted by atomic mass is 15.2. The number of hydrogen-bond donors (Lipinski definition) is 1. The van der Waals surface area contributed by atoms with Crippen LogP contribution in [-0.2, 0) is 0 Å². The summed E-state index contributed by atoms with van der Waals surface area (Å²) in [5.74, 6) is 0.883. The van der Waals surface area contributed by atoms with Gasteiger partial charge in [0, 0.05) is 18.6 Å². The first kappa shape index (κ1) is 15.3. The molecule has 3 unspecified atom stereocenters. The van der Waals surface area contributed by atoms with Crippen LogP contribution in [0, 0.1) is 11.3 Å². The van der Waals surface area contributed by atoms with Gasteiger partial charge >= 0.3 is 0 Å². The molecular formula is C17H34N2. The van der Waals surface area contributed by atoms with Crippen LogP contribution in [0.4, 0.5) is 0 Å². The van der Waals surface area contributed by atoms with E-state index in [-0.39, 0.29) is 0 Å². The van der Waals surface area contributed by atoms with E-state index in [1.165, 1.54) is 58.2 Å². The number of rotatable bonds is 4. The molecule has 0 aromatic heterocycles. The molecule has 0 aromatic rings. The topological polar surface area (TPSA) is 15.3 Å². The van der Waals surface area contributed by atoms with Gasteiger partial charge in [-0.3, -0.25) is 4.90 Å². The molecule has 2 aliphatic rings. The molecule has 1 saturated heterocycles. The second kappa shape index (κ2) is 6.58. The highest BCUT2D eigenvalue weighted by Gasteiger charge is 2.39. The van der Waals surface area contributed by atoms with Gasteiger partial charge in [0.25, 0.3) is 0 Å². The largest absolute Gasteiger partial charge is 0.315 e. The standard InChI is InChI=1S/C17H34N2/c1-5-12-19(14-10-11-18-13-14)16-9-7-6-8-15(16)17(2,3)4/h14-16,18H,5-13H2,1-4H3. The van der Waals surface area contributed by atoms with Gasteiger partial charge in [0.2, 0.25) is 0 Å². The lowest BCUT2D eigenvalue weighted by Gasteiger charge is -2.48. The summed E-state index contributed by atoms with van der Waals surface area (Å²) in [6, 6.07) is 1.63. The Hall–Kier alpha value is -0.0800. The van der Waals surface area contributed by atoms with Crippen molar-refractivity contribution in [3.8, 4) is 0 Å². The Labute approximate surface area is 120 Å². The van der Waals surface area contributed by atoms with Crippen molar-refractivity contribution in [3.63, 3.8) is 0 Å². The molecule has 1 heterocycles. The van der Waals surface area contributed by atoms with Crippen molar-refractivity contribution >= 4 is 0 Å². The molecule has 112 valence electrons. The van der Waals surface area contributed by atoms with Crippen LogP contribution < -0.4 is 5.32 Å². The van der Waals surface area contributed by atoms with Crippen LogP contribution in [0.15, 0.2) is 0 Å². The van der Waals surface area contributed by atoms with Crippen molar-refractivity contribution in [2.24, 2.45) is 11.3 Å². The first-order valence-electron chi connectivity index (χ1n) is 8.50. The maximum absolute atomic E-state index is 3.56. The normalized spacial score (nSPS) is 33.0. The van der Waals surface area contributed by atoms with Gasteiger partial charge in [-0.2, -0.15) is 0 Å². The summed E-state index contributed by atoms with van der Waals surface area (Å²) in [6.07, 6.45) is 8.41. The first-order chi connectivity index (χ1) is 9.04. The van der Waals surface area contributed by atoms with Gasteiger partial charge in [-0.05, 0) is 50.1 Å². The fraction of sp³-hybridized carbons (Fsp3) is 1.00. The molecule has 0 spiro atoms. The zero-order valence-corrected chi connectivity index (χ0v) is 13.5. The van der Waals surface area contributed by atoms with Crippen molar-refractivity contribution in [1.82, 2.24) is 10.2 Å². The molecule has 0 bridgehead atoms. The lowest BCUT2D eigenvalue weighted by molar-refractivity contribution is 0.0193. The maximum Gasteiger partial charge on any atom is 0.0235 e. The first-order valence-corrected chi connectivity index (χ1v) is 8.50. The summed E-state index contributed by atoms with van der Waals surface area (Å²) in [5.41, 5.74) is 0.461. The molecule has 2 heteroatoms. The third-order valence-electron chi connectivity index (χ3n) is 5.25. The number of nitrogens with zero attached hydrogens (tertiary/aromatic N) is 1. The Kier molecular flexibility index (Phi) is 5.30. The van der Waals surface area contributed by atoms with Gasteiger partial charge in [-0.25, -0.2) is 0 Å². The fourth-order valence-electron chi connectivity index (χ4n) is 4.32. The summed E-state index contributed by atoms with van der Waals surface area (Å²) < 4.78 is 0. The van der Waals surface area contributed by atoms with E-state index in [0.29, 0.717) is 5.41 Å². The Morgan fingerprint density at radius 1 is 1.11 bits per heavy atom. The molecule has 2 nitrogen and oxygen atoms in total. The molecule has 3 atom stereocenters. The molecule has 1 aliphatic heterocycles. The van der Waals surface area contributed by atoms with Gasteiger partial charge in [0.05, 0.1) is 0 Å². The van der Waals surface area contributed by atoms with Crippen LogP contribution in [-0.4, -0.2) is 36.6 Å². The predicted molar refractivity (Wildman–Crippen MR) is 83.5 cm³/mol. The van der Waals surface area contributed by atoms with Crippen molar-refractivity contribution in [1.29, 1.82) is 0 Å². The molecule has 1 aliphatic carbocycles. The van der Waals surface area contributed by atoms with Gasteiger partial charge in [0.1, 0.15) is 0 Å². The smallest absolute Gasteiger partial charge is 0.0235 e. The van der Waals surface area contributed by atoms with Crippen LogP contribution >= 0.6 is 0 Å². The highest BCUT2D eigenvalue weighted by Crippen LogP contribution is 2.41. The molecule has 1 N–H and O–H groups in total. The minimum atomic E-state index is 0.461. The zero-order valence-electron chi connectivity index (χ0n) is 13.5. The summed E-state index contributed by atoms with van der Waals surface area (Å²) in [5, 5.41) is 3.56. The zero-order chi connectivity index (χ0) is 13.9. The van der Waals surface area contributed by atoms with E-state index in [4.69, 9.17) is 0 Å². The van der Waals surface area contributed by atoms with Crippen molar-refractivity contribution in [2.75, 3.05) is 19.6 Å². The third-order valence-corrected chi connectivity index (χ3v) is 5.25. The second-order valence-corrected chi connectivity index (χ2v) is 7.71. The Balaban J connectivity index is 2.12. The number of nitrogens with one attached hydrogen (secondary N) is 1. The van der Waals surface area contributed by atoms with E-state index in [1.54, 1.807) is 0 Å². The molecule has 2 rings (SSSR count). The van der Waals surface area contributed by atoms with E-state index in [2.05, 4.69) is 37.9 Å². The quantitative estimate of drug-likeness (QED) is 0.835. The monoisotopic (exact) mass is 266 g/mol. The van der Waals surface area contributed by atoms with Crippen LogP contribution in [0.5, 0.6) is 0 Å². The Morgan fingerprint density at radius 2 is 1.84 bits per heavy atom. The van der Waals surface area contributed by atoms with Crippen LogP contribution in [0.25, 0.3) is 0 Å². The Bertz CT molecular complexity index is 263. The molecule has 2 fully saturated rings. The summed E-state index contributed by atoms with van der Waals surface area (Å²) >= 11 is 0. The lowest BCUT2D eigenvalue weighted by atomic mass is 9.68. The van der Waals surface area contributed by atoms with E-state index < -0.39 is 0 Å². The van der Waals surface area contributed by atoms with Crippen LogP contribution in [0.3, 0.4) is 0 Å². The maximum atomic E-state index is 3.56. The van der Waals surface area contributed by atoms with Gasteiger partial charge in [-0.1, -0.05) is 40.5 Å². The van der Waals surface area contributed by atoms with Crippen molar-refractivity contribution in [2.45, 2.75) is 78.3 Å². The van der Waals surface area contributed by atoms with E-state index >= 15 is 0 Å². The van der Waals surface area contributed by atoms with Gasteiger partial charge in [-0.15, -0.1) is 0 Å². The summed E-state index contributed by atoms with van der Waals surface area (Å²) in [7, 11) is 0. The summed E-state index contributed by atoms with van der Waals surface area (Å²) in [6.45, 7) is 13.4. The third kappa shape index (κ3) is 3.72. The second-order valence-electron chi connectivity index (χ2n) is 7.71. The highest BCUT2D eigenvalue weighted by molar-refractivity contribution is 4.93. The summed E-state index contributed by atoms with van der Waals surface area (Å²) in [4.78, 5) is 2.88. The van der Waals surface area contributed by atoms with E-state index in [1.807, 2.05) is 0 Å². The molecule has 0 amide bonds. The van der Waals surface area contributed by atoms with Crippen molar-refractivity contribution < 1.29 is 0 Å². The fourth-order valence-corrected chi connectivity index (χ4v) is 4.32. The SMILES string of the molecule is CCCN(C1CCNC1)C1CCCCC1C(C)(C)C. The van der Waals surface area contributed by atoms with Gasteiger partial charge in [0.15, 0.2) is 0 Å². The average molecular weight is 266 g/mol. The molecular weight excluding hydrogens is 232 g/mol. The molecule has 1 saturated carbocycles. The minimum absolute atomic E-state index is 0.461. The number of hydrogen-bond acceptors (Lipinski definition) is 2. The van der Waals surface area contributed by atoms with E-state index in [9.17, 15) is 0 Å². The van der Waals surface area contributed by atoms with Crippen LogP contribution in [0.2, 0.25) is 0 Å². The Morgan fingerprint density at radius 3 is 2.42 bits per heavy atom. The molecule has 19 heavy (non-hydrogen) atoms. The minimum Gasteiger partial charge on any atom is -0.315 e. The average Bonchev–Trinajstić information content (AvgIpc) is 2.88. The van der Waals surface area contributed by atoms with Crippen molar-refractivity contribution in [3.05, 3.63) is 0 Å². The predicted octanol–water partition coefficient (Wildman–Crippen LogP) is 3.67. The molecule has 0 aromatic carbocycles. The van der Waals surface area contributed by atoms with E-state index in [0.717, 1.165) is 18.0 Å². The molecule has 0 radical (unpaired) electrons. The lowest BCUT2D eigenvalue weighted by Crippen LogP contribution is -2.52. The van der Waals surface area contributed by atoms with Gasteiger partial charge < -0.3 is 5.32 Å². The van der Waals surface area contributed by atoms with Crippen LogP contribution in [0.1, 0.15) is 66.2 Å².